The smallest absolute Gasteiger partial charge is 0.200 e. The van der Waals surface area contributed by atoms with Gasteiger partial charge >= 0.3 is 0 Å². The third-order valence-electron chi connectivity index (χ3n) is 2.19. The molecule has 0 bridgehead atoms. The van der Waals surface area contributed by atoms with Gasteiger partial charge in [0.05, 0.1) is 17.1 Å². The number of aromatic nitrogens is 2. The molecule has 0 saturated heterocycles. The first-order valence-electron chi connectivity index (χ1n) is 4.77. The lowest BCUT2D eigenvalue weighted by atomic mass is 10.3. The summed E-state index contributed by atoms with van der Waals surface area (Å²) in [5.41, 5.74) is 6.64. The number of nitrogens with zero attached hydrogens (tertiary/aromatic N) is 2. The molecular weight excluding hydrogens is 214 g/mol. The van der Waals surface area contributed by atoms with Gasteiger partial charge in [0.1, 0.15) is 0 Å². The summed E-state index contributed by atoms with van der Waals surface area (Å²) >= 11 is 0. The van der Waals surface area contributed by atoms with Crippen molar-refractivity contribution in [3.8, 4) is 0 Å². The molecule has 1 rings (SSSR count). The van der Waals surface area contributed by atoms with Crippen LogP contribution in [0.1, 0.15) is 19.5 Å². The van der Waals surface area contributed by atoms with Gasteiger partial charge in [-0.05, 0) is 12.8 Å². The van der Waals surface area contributed by atoms with Crippen molar-refractivity contribution in [1.29, 1.82) is 0 Å². The van der Waals surface area contributed by atoms with Gasteiger partial charge in [0, 0.05) is 7.05 Å². The lowest BCUT2D eigenvalue weighted by Gasteiger charge is -2.04. The third kappa shape index (κ3) is 2.31. The Morgan fingerprint density at radius 3 is 2.33 bits per heavy atom. The first-order valence-corrected chi connectivity index (χ1v) is 6.42. The molecule has 86 valence electrons. The molecular formula is C9H17N3O2S. The van der Waals surface area contributed by atoms with Gasteiger partial charge in [0.25, 0.3) is 0 Å². The normalized spacial score (nSPS) is 12.3. The van der Waals surface area contributed by atoms with E-state index in [0.717, 1.165) is 0 Å². The Hall–Kier alpha value is -1.04. The van der Waals surface area contributed by atoms with E-state index in [2.05, 4.69) is 5.10 Å². The van der Waals surface area contributed by atoms with Crippen molar-refractivity contribution in [2.45, 2.75) is 25.8 Å². The molecule has 5 nitrogen and oxygen atoms in total. The van der Waals surface area contributed by atoms with E-state index in [1.54, 1.807) is 14.0 Å². The Morgan fingerprint density at radius 1 is 1.47 bits per heavy atom. The van der Waals surface area contributed by atoms with E-state index in [-0.39, 0.29) is 22.4 Å². The number of aryl methyl sites for hydroxylation is 1. The van der Waals surface area contributed by atoms with Crippen LogP contribution in [0.5, 0.6) is 0 Å². The summed E-state index contributed by atoms with van der Waals surface area (Å²) in [4.78, 5) is 0. The summed E-state index contributed by atoms with van der Waals surface area (Å²) in [6.45, 7) is 5.45. The zero-order valence-corrected chi connectivity index (χ0v) is 10.3. The molecule has 6 heteroatoms. The standard InChI is InChI=1S/C9H17N3O2S/c1-6(2)5-15(13,14)9-8(10)7(3)12(4)11-9/h6H,5,10H2,1-4H3. The largest absolute Gasteiger partial charge is 0.395 e. The molecule has 15 heavy (non-hydrogen) atoms. The third-order valence-corrected chi connectivity index (χ3v) is 4.19. The molecule has 1 heterocycles. The Bertz CT molecular complexity index is 460. The highest BCUT2D eigenvalue weighted by Gasteiger charge is 2.24. The van der Waals surface area contributed by atoms with Crippen LogP contribution in [0.4, 0.5) is 5.69 Å². The van der Waals surface area contributed by atoms with Crippen LogP contribution in [-0.4, -0.2) is 24.0 Å². The molecule has 0 fully saturated rings. The molecule has 0 unspecified atom stereocenters. The molecule has 1 aromatic heterocycles. The van der Waals surface area contributed by atoms with Crippen molar-refractivity contribution < 1.29 is 8.42 Å². The summed E-state index contributed by atoms with van der Waals surface area (Å²) in [7, 11) is -1.67. The van der Waals surface area contributed by atoms with Crippen LogP contribution in [0.15, 0.2) is 5.03 Å². The Balaban J connectivity index is 3.22. The molecule has 0 atom stereocenters. The SMILES string of the molecule is Cc1c(N)c(S(=O)(=O)CC(C)C)nn1C. The number of nitrogen functional groups attached to an aromatic ring is 1. The zero-order valence-electron chi connectivity index (χ0n) is 9.48. The maximum absolute atomic E-state index is 11.9. The van der Waals surface area contributed by atoms with Crippen LogP contribution < -0.4 is 5.73 Å². The minimum atomic E-state index is -3.35. The second-order valence-corrected chi connectivity index (χ2v) is 6.05. The van der Waals surface area contributed by atoms with Crippen molar-refractivity contribution in [2.75, 3.05) is 11.5 Å². The second kappa shape index (κ2) is 3.84. The van der Waals surface area contributed by atoms with Crippen molar-refractivity contribution >= 4 is 15.5 Å². The fourth-order valence-electron chi connectivity index (χ4n) is 1.34. The van der Waals surface area contributed by atoms with Gasteiger partial charge < -0.3 is 5.73 Å². The van der Waals surface area contributed by atoms with E-state index >= 15 is 0 Å². The average molecular weight is 231 g/mol. The van der Waals surface area contributed by atoms with Crippen LogP contribution in [-0.2, 0) is 16.9 Å². The Labute approximate surface area is 90.2 Å². The number of rotatable bonds is 3. The van der Waals surface area contributed by atoms with Crippen LogP contribution in [0.25, 0.3) is 0 Å². The van der Waals surface area contributed by atoms with Crippen LogP contribution in [0, 0.1) is 12.8 Å². The van der Waals surface area contributed by atoms with Crippen LogP contribution in [0.2, 0.25) is 0 Å². The van der Waals surface area contributed by atoms with Gasteiger partial charge in [0.2, 0.25) is 0 Å². The molecule has 0 aliphatic heterocycles. The van der Waals surface area contributed by atoms with Gasteiger partial charge in [0.15, 0.2) is 14.9 Å². The summed E-state index contributed by atoms with van der Waals surface area (Å²) in [6.07, 6.45) is 0. The quantitative estimate of drug-likeness (QED) is 0.832. The van der Waals surface area contributed by atoms with Crippen LogP contribution >= 0.6 is 0 Å². The van der Waals surface area contributed by atoms with Gasteiger partial charge in [-0.3, -0.25) is 4.68 Å². The fraction of sp³-hybridized carbons (Fsp3) is 0.667. The maximum Gasteiger partial charge on any atom is 0.200 e. The van der Waals surface area contributed by atoms with Crippen molar-refractivity contribution in [2.24, 2.45) is 13.0 Å². The van der Waals surface area contributed by atoms with E-state index < -0.39 is 9.84 Å². The van der Waals surface area contributed by atoms with E-state index in [0.29, 0.717) is 5.69 Å². The molecule has 0 aromatic carbocycles. The van der Waals surface area contributed by atoms with E-state index in [4.69, 9.17) is 5.73 Å². The number of anilines is 1. The van der Waals surface area contributed by atoms with E-state index in [9.17, 15) is 8.42 Å². The lowest BCUT2D eigenvalue weighted by molar-refractivity contribution is 0.575. The summed E-state index contributed by atoms with van der Waals surface area (Å²) in [6, 6.07) is 0. The summed E-state index contributed by atoms with van der Waals surface area (Å²) < 4.78 is 25.2. The van der Waals surface area contributed by atoms with Crippen molar-refractivity contribution in [3.63, 3.8) is 0 Å². The number of hydrogen-bond donors (Lipinski definition) is 1. The number of hydrogen-bond acceptors (Lipinski definition) is 4. The first kappa shape index (κ1) is 12.0. The molecule has 0 aliphatic rings. The highest BCUT2D eigenvalue weighted by Crippen LogP contribution is 2.22. The second-order valence-electron chi connectivity index (χ2n) is 4.10. The predicted molar refractivity (Wildman–Crippen MR) is 59.2 cm³/mol. The van der Waals surface area contributed by atoms with Gasteiger partial charge in [-0.15, -0.1) is 0 Å². The minimum absolute atomic E-state index is 0.0104. The molecule has 0 radical (unpaired) electrons. The molecule has 0 amide bonds. The molecule has 0 aliphatic carbocycles. The average Bonchev–Trinajstić information content (AvgIpc) is 2.31. The summed E-state index contributed by atoms with van der Waals surface area (Å²) in [5, 5.41) is 3.95. The number of nitrogens with two attached hydrogens (primary N) is 1. The van der Waals surface area contributed by atoms with E-state index in [1.165, 1.54) is 4.68 Å². The molecule has 2 N–H and O–H groups in total. The van der Waals surface area contributed by atoms with Crippen LogP contribution in [0.3, 0.4) is 0 Å². The maximum atomic E-state index is 11.9. The lowest BCUT2D eigenvalue weighted by Crippen LogP contribution is -2.14. The predicted octanol–water partition coefficient (Wildman–Crippen LogP) is 0.740. The number of sulfone groups is 1. The van der Waals surface area contributed by atoms with E-state index in [1.807, 2.05) is 13.8 Å². The topological polar surface area (TPSA) is 78.0 Å². The Morgan fingerprint density at radius 2 is 2.00 bits per heavy atom. The molecule has 1 aromatic rings. The molecule has 0 spiro atoms. The zero-order chi connectivity index (χ0) is 11.8. The van der Waals surface area contributed by atoms with Gasteiger partial charge in [-0.2, -0.15) is 5.10 Å². The van der Waals surface area contributed by atoms with Gasteiger partial charge in [-0.1, -0.05) is 13.8 Å². The van der Waals surface area contributed by atoms with Crippen molar-refractivity contribution in [1.82, 2.24) is 9.78 Å². The first-order chi connectivity index (χ1) is 6.75. The monoisotopic (exact) mass is 231 g/mol. The minimum Gasteiger partial charge on any atom is -0.395 e. The highest BCUT2D eigenvalue weighted by molar-refractivity contribution is 7.91. The highest BCUT2D eigenvalue weighted by atomic mass is 32.2. The molecule has 0 saturated carbocycles. The summed E-state index contributed by atoms with van der Waals surface area (Å²) in [5.74, 6) is 0.143. The Kier molecular flexibility index (Phi) is 3.08. The fourth-order valence-corrected chi connectivity index (χ4v) is 3.11. The van der Waals surface area contributed by atoms with Gasteiger partial charge in [-0.25, -0.2) is 8.42 Å². The van der Waals surface area contributed by atoms with Crippen molar-refractivity contribution in [3.05, 3.63) is 5.69 Å².